The van der Waals surface area contributed by atoms with Gasteiger partial charge in [0.05, 0.1) is 5.52 Å². The maximum Gasteiger partial charge on any atom is 0.251 e. The minimum absolute atomic E-state index is 0.0515. The van der Waals surface area contributed by atoms with Gasteiger partial charge in [-0.1, -0.05) is 6.07 Å². The fourth-order valence-corrected chi connectivity index (χ4v) is 1.78. The number of aromatic nitrogens is 2. The monoisotopic (exact) mass is 246 g/mol. The average molecular weight is 246 g/mol. The predicted molar refractivity (Wildman–Crippen MR) is 71.6 cm³/mol. The number of aryl methyl sites for hydroxylation is 1. The second-order valence-electron chi connectivity index (χ2n) is 4.64. The number of likely N-dealkylation sites (N-methyl/N-ethyl adjacent to an activating group) is 1. The van der Waals surface area contributed by atoms with Crippen LogP contribution in [-0.2, 0) is 7.05 Å². The van der Waals surface area contributed by atoms with Gasteiger partial charge < -0.3 is 10.2 Å². The Bertz CT molecular complexity index is 559. The van der Waals surface area contributed by atoms with Gasteiger partial charge in [0, 0.05) is 37.3 Å². The Kier molecular flexibility index (Phi) is 3.62. The maximum atomic E-state index is 11.9. The lowest BCUT2D eigenvalue weighted by Gasteiger charge is -2.10. The van der Waals surface area contributed by atoms with Crippen LogP contribution in [0.4, 0.5) is 0 Å². The molecule has 1 heterocycles. The Balaban J connectivity index is 2.08. The molecule has 0 fully saturated rings. The molecule has 0 unspecified atom stereocenters. The molecule has 1 amide bonds. The van der Waals surface area contributed by atoms with Gasteiger partial charge in [-0.25, -0.2) is 0 Å². The molecular formula is C13H18N4O. The molecule has 5 heteroatoms. The van der Waals surface area contributed by atoms with Crippen LogP contribution in [0.25, 0.3) is 10.9 Å². The summed E-state index contributed by atoms with van der Waals surface area (Å²) >= 11 is 0. The van der Waals surface area contributed by atoms with Crippen molar-refractivity contribution >= 4 is 16.8 Å². The molecule has 0 aliphatic carbocycles. The van der Waals surface area contributed by atoms with Crippen molar-refractivity contribution in [2.45, 2.75) is 0 Å². The molecule has 1 aromatic heterocycles. The van der Waals surface area contributed by atoms with E-state index in [4.69, 9.17) is 0 Å². The molecule has 2 rings (SSSR count). The molecule has 0 atom stereocenters. The van der Waals surface area contributed by atoms with E-state index in [0.29, 0.717) is 12.1 Å². The van der Waals surface area contributed by atoms with Crippen LogP contribution < -0.4 is 5.32 Å². The normalized spacial score (nSPS) is 11.1. The van der Waals surface area contributed by atoms with Gasteiger partial charge in [0.25, 0.3) is 5.91 Å². The zero-order valence-electron chi connectivity index (χ0n) is 11.0. The lowest BCUT2D eigenvalue weighted by Crippen LogP contribution is -2.31. The summed E-state index contributed by atoms with van der Waals surface area (Å²) in [6.07, 6.45) is 1.93. The van der Waals surface area contributed by atoms with E-state index >= 15 is 0 Å². The molecule has 96 valence electrons. The van der Waals surface area contributed by atoms with E-state index in [1.165, 1.54) is 0 Å². The smallest absolute Gasteiger partial charge is 0.251 e. The number of fused-ring (bicyclic) bond motifs is 1. The van der Waals surface area contributed by atoms with E-state index in [-0.39, 0.29) is 5.91 Å². The van der Waals surface area contributed by atoms with E-state index in [2.05, 4.69) is 10.4 Å². The fourth-order valence-electron chi connectivity index (χ4n) is 1.78. The van der Waals surface area contributed by atoms with Gasteiger partial charge in [0.2, 0.25) is 0 Å². The summed E-state index contributed by atoms with van der Waals surface area (Å²) in [6, 6.07) is 5.57. The van der Waals surface area contributed by atoms with Crippen LogP contribution in [0.3, 0.4) is 0 Å². The standard InChI is InChI=1S/C13H18N4O/c1-16(2)7-6-14-13(18)10-4-5-11-9-17(3)15-12(11)8-10/h4-5,8-9H,6-7H2,1-3H3,(H,14,18). The SMILES string of the molecule is CN(C)CCNC(=O)c1ccc2cn(C)nc2c1. The van der Waals surface area contributed by atoms with Crippen molar-refractivity contribution in [2.75, 3.05) is 27.2 Å². The maximum absolute atomic E-state index is 11.9. The number of amides is 1. The van der Waals surface area contributed by atoms with Gasteiger partial charge in [-0.15, -0.1) is 0 Å². The third-order valence-electron chi connectivity index (χ3n) is 2.73. The summed E-state index contributed by atoms with van der Waals surface area (Å²) in [5.41, 5.74) is 1.50. The molecule has 0 aliphatic heterocycles. The number of carbonyl (C=O) groups is 1. The molecule has 0 aliphatic rings. The van der Waals surface area contributed by atoms with Crippen LogP contribution in [0.1, 0.15) is 10.4 Å². The second-order valence-corrected chi connectivity index (χ2v) is 4.64. The van der Waals surface area contributed by atoms with Gasteiger partial charge in [0.1, 0.15) is 0 Å². The molecule has 5 nitrogen and oxygen atoms in total. The van der Waals surface area contributed by atoms with Crippen LogP contribution in [0, 0.1) is 0 Å². The van der Waals surface area contributed by atoms with Gasteiger partial charge in [-0.3, -0.25) is 9.48 Å². The molecular weight excluding hydrogens is 228 g/mol. The van der Waals surface area contributed by atoms with E-state index < -0.39 is 0 Å². The van der Waals surface area contributed by atoms with E-state index in [0.717, 1.165) is 17.4 Å². The summed E-state index contributed by atoms with van der Waals surface area (Å²) in [7, 11) is 5.83. The molecule has 0 saturated carbocycles. The number of carbonyl (C=O) groups excluding carboxylic acids is 1. The van der Waals surface area contributed by atoms with Gasteiger partial charge in [-0.05, 0) is 26.2 Å². The second kappa shape index (κ2) is 5.18. The average Bonchev–Trinajstić information content (AvgIpc) is 2.67. The van der Waals surface area contributed by atoms with Gasteiger partial charge >= 0.3 is 0 Å². The number of hydrogen-bond acceptors (Lipinski definition) is 3. The number of benzene rings is 1. The Labute approximate surface area is 106 Å². The highest BCUT2D eigenvalue weighted by atomic mass is 16.1. The Hall–Kier alpha value is -1.88. The van der Waals surface area contributed by atoms with Crippen molar-refractivity contribution in [3.8, 4) is 0 Å². The molecule has 18 heavy (non-hydrogen) atoms. The molecule has 0 saturated heterocycles. The highest BCUT2D eigenvalue weighted by Gasteiger charge is 2.07. The quantitative estimate of drug-likeness (QED) is 0.870. The first-order valence-corrected chi connectivity index (χ1v) is 5.92. The minimum atomic E-state index is -0.0515. The minimum Gasteiger partial charge on any atom is -0.351 e. The zero-order chi connectivity index (χ0) is 13.1. The Morgan fingerprint density at radius 3 is 2.94 bits per heavy atom. The summed E-state index contributed by atoms with van der Waals surface area (Å²) in [5, 5.41) is 8.22. The van der Waals surface area contributed by atoms with Gasteiger partial charge in [-0.2, -0.15) is 5.10 Å². The van der Waals surface area contributed by atoms with Crippen molar-refractivity contribution in [2.24, 2.45) is 7.05 Å². The van der Waals surface area contributed by atoms with E-state index in [1.54, 1.807) is 4.68 Å². The number of nitrogens with zero attached hydrogens (tertiary/aromatic N) is 3. The number of nitrogens with one attached hydrogen (secondary N) is 1. The first-order valence-electron chi connectivity index (χ1n) is 5.92. The van der Waals surface area contributed by atoms with Crippen molar-refractivity contribution < 1.29 is 4.79 Å². The summed E-state index contributed by atoms with van der Waals surface area (Å²) in [5.74, 6) is -0.0515. The van der Waals surface area contributed by atoms with Crippen molar-refractivity contribution in [1.82, 2.24) is 20.0 Å². The van der Waals surface area contributed by atoms with Crippen LogP contribution in [-0.4, -0.2) is 47.8 Å². The highest BCUT2D eigenvalue weighted by Crippen LogP contribution is 2.13. The topological polar surface area (TPSA) is 50.2 Å². The third kappa shape index (κ3) is 2.87. The van der Waals surface area contributed by atoms with Crippen molar-refractivity contribution in [3.05, 3.63) is 30.0 Å². The lowest BCUT2D eigenvalue weighted by molar-refractivity contribution is 0.0951. The highest BCUT2D eigenvalue weighted by molar-refractivity contribution is 5.97. The van der Waals surface area contributed by atoms with Gasteiger partial charge in [0.15, 0.2) is 0 Å². The Morgan fingerprint density at radius 1 is 1.44 bits per heavy atom. The summed E-state index contributed by atoms with van der Waals surface area (Å²) < 4.78 is 1.75. The van der Waals surface area contributed by atoms with Crippen molar-refractivity contribution in [1.29, 1.82) is 0 Å². The molecule has 0 radical (unpaired) electrons. The number of hydrogen-bond donors (Lipinski definition) is 1. The summed E-state index contributed by atoms with van der Waals surface area (Å²) in [6.45, 7) is 1.48. The first-order chi connectivity index (χ1) is 8.56. The lowest BCUT2D eigenvalue weighted by atomic mass is 10.1. The molecule has 2 aromatic rings. The summed E-state index contributed by atoms with van der Waals surface area (Å²) in [4.78, 5) is 13.9. The van der Waals surface area contributed by atoms with Crippen LogP contribution in [0.2, 0.25) is 0 Å². The van der Waals surface area contributed by atoms with Crippen LogP contribution >= 0.6 is 0 Å². The fraction of sp³-hybridized carbons (Fsp3) is 0.385. The molecule has 0 bridgehead atoms. The zero-order valence-corrected chi connectivity index (χ0v) is 11.0. The molecule has 1 N–H and O–H groups in total. The van der Waals surface area contributed by atoms with E-state index in [1.807, 2.05) is 50.4 Å². The van der Waals surface area contributed by atoms with Crippen LogP contribution in [0.15, 0.2) is 24.4 Å². The van der Waals surface area contributed by atoms with Crippen LogP contribution in [0.5, 0.6) is 0 Å². The molecule has 0 spiro atoms. The Morgan fingerprint density at radius 2 is 2.22 bits per heavy atom. The molecule has 1 aromatic carbocycles. The van der Waals surface area contributed by atoms with E-state index in [9.17, 15) is 4.79 Å². The number of rotatable bonds is 4. The largest absolute Gasteiger partial charge is 0.351 e. The predicted octanol–water partition coefficient (Wildman–Crippen LogP) is 0.865. The first kappa shape index (κ1) is 12.6. The van der Waals surface area contributed by atoms with Crippen molar-refractivity contribution in [3.63, 3.8) is 0 Å². The third-order valence-corrected chi connectivity index (χ3v) is 2.73.